The Morgan fingerprint density at radius 1 is 1.05 bits per heavy atom. The lowest BCUT2D eigenvalue weighted by Gasteiger charge is -2.22. The molecule has 1 aromatic rings. The Balaban J connectivity index is 1.86. The van der Waals surface area contributed by atoms with Crippen molar-refractivity contribution < 1.29 is 14.4 Å². The zero-order valence-corrected chi connectivity index (χ0v) is 11.6. The van der Waals surface area contributed by atoms with Crippen molar-refractivity contribution in [3.63, 3.8) is 0 Å². The average Bonchev–Trinajstić information content (AvgIpc) is 2.63. The lowest BCUT2D eigenvalue weighted by Crippen LogP contribution is -2.40. The topological polar surface area (TPSA) is 87.3 Å². The maximum Gasteiger partial charge on any atom is 0.233 e. The van der Waals surface area contributed by atoms with Gasteiger partial charge in [-0.05, 0) is 37.6 Å². The van der Waals surface area contributed by atoms with Gasteiger partial charge in [-0.2, -0.15) is 0 Å². The number of amides is 2. The van der Waals surface area contributed by atoms with Gasteiger partial charge in [0.15, 0.2) is 5.78 Å². The van der Waals surface area contributed by atoms with Crippen LogP contribution in [-0.2, 0) is 9.59 Å². The van der Waals surface area contributed by atoms with Gasteiger partial charge < -0.3 is 16.0 Å². The number of rotatable bonds is 2. The van der Waals surface area contributed by atoms with Crippen LogP contribution in [-0.4, -0.2) is 30.2 Å². The van der Waals surface area contributed by atoms with Gasteiger partial charge in [0.2, 0.25) is 11.8 Å². The van der Waals surface area contributed by atoms with E-state index in [1.54, 1.807) is 18.2 Å². The molecule has 0 aliphatic carbocycles. The summed E-state index contributed by atoms with van der Waals surface area (Å²) in [5.41, 5.74) is 1.55. The fraction of sp³-hybridized carbons (Fsp3) is 0.400. The molecule has 21 heavy (non-hydrogen) atoms. The van der Waals surface area contributed by atoms with E-state index < -0.39 is 0 Å². The molecule has 110 valence electrons. The number of hydrogen-bond donors (Lipinski definition) is 3. The van der Waals surface area contributed by atoms with Gasteiger partial charge in [-0.1, -0.05) is 6.42 Å². The minimum absolute atomic E-state index is 0.0299. The van der Waals surface area contributed by atoms with Crippen LogP contribution in [0.15, 0.2) is 18.2 Å². The number of piperidine rings is 1. The minimum atomic E-state index is -0.369. The zero-order valence-electron chi connectivity index (χ0n) is 11.6. The number of hydrogen-bond acceptors (Lipinski definition) is 4. The van der Waals surface area contributed by atoms with E-state index in [1.807, 2.05) is 0 Å². The summed E-state index contributed by atoms with van der Waals surface area (Å²) >= 11 is 0. The Morgan fingerprint density at radius 2 is 1.81 bits per heavy atom. The van der Waals surface area contributed by atoms with Crippen LogP contribution in [0.2, 0.25) is 0 Å². The average molecular weight is 287 g/mol. The fourth-order valence-electron chi connectivity index (χ4n) is 2.72. The summed E-state index contributed by atoms with van der Waals surface area (Å²) in [6.45, 7) is 0.855. The number of ketones is 1. The zero-order chi connectivity index (χ0) is 14.8. The first-order chi connectivity index (χ1) is 10.1. The second-order valence-electron chi connectivity index (χ2n) is 5.40. The van der Waals surface area contributed by atoms with Crippen molar-refractivity contribution in [3.05, 3.63) is 23.8 Å². The third-order valence-electron chi connectivity index (χ3n) is 3.80. The van der Waals surface area contributed by atoms with Crippen molar-refractivity contribution in [3.8, 4) is 0 Å². The molecule has 1 saturated heterocycles. The third-order valence-corrected chi connectivity index (χ3v) is 3.80. The number of carbonyl (C=O) groups excluding carboxylic acids is 3. The third kappa shape index (κ3) is 2.95. The summed E-state index contributed by atoms with van der Waals surface area (Å²) < 4.78 is 0. The lowest BCUT2D eigenvalue weighted by molar-refractivity contribution is -0.123. The van der Waals surface area contributed by atoms with Gasteiger partial charge in [-0.25, -0.2) is 0 Å². The van der Waals surface area contributed by atoms with Gasteiger partial charge in [0.05, 0.1) is 17.4 Å². The van der Waals surface area contributed by atoms with Crippen molar-refractivity contribution in [1.29, 1.82) is 0 Å². The molecular formula is C15H17N3O3. The van der Waals surface area contributed by atoms with Gasteiger partial charge in [-0.15, -0.1) is 0 Å². The molecule has 2 aliphatic rings. The summed E-state index contributed by atoms with van der Waals surface area (Å²) in [7, 11) is 0. The standard InChI is InChI=1S/C15H17N3O3/c19-13-8-14(20)18-12-7-9(4-5-10(12)17-13)15(21)11-3-1-2-6-16-11/h4-5,7,11,16H,1-3,6,8H2,(H,17,19)(H,18,20). The smallest absolute Gasteiger partial charge is 0.233 e. The molecule has 3 N–H and O–H groups in total. The first-order valence-electron chi connectivity index (χ1n) is 7.15. The van der Waals surface area contributed by atoms with Crippen LogP contribution < -0.4 is 16.0 Å². The van der Waals surface area contributed by atoms with E-state index in [0.717, 1.165) is 25.8 Å². The number of benzene rings is 1. The van der Waals surface area contributed by atoms with Crippen LogP contribution in [0.3, 0.4) is 0 Å². The molecule has 2 heterocycles. The Kier molecular flexibility index (Phi) is 3.70. The molecule has 6 heteroatoms. The van der Waals surface area contributed by atoms with Gasteiger partial charge in [0, 0.05) is 5.56 Å². The number of carbonyl (C=O) groups is 3. The van der Waals surface area contributed by atoms with E-state index in [4.69, 9.17) is 0 Å². The maximum atomic E-state index is 12.5. The van der Waals surface area contributed by atoms with Crippen molar-refractivity contribution >= 4 is 29.0 Å². The summed E-state index contributed by atoms with van der Waals surface area (Å²) in [5.74, 6) is -0.687. The predicted molar refractivity (Wildman–Crippen MR) is 78.3 cm³/mol. The number of anilines is 2. The van der Waals surface area contributed by atoms with Crippen molar-refractivity contribution in [2.45, 2.75) is 31.7 Å². The van der Waals surface area contributed by atoms with E-state index in [9.17, 15) is 14.4 Å². The second kappa shape index (κ2) is 5.65. The van der Waals surface area contributed by atoms with Crippen LogP contribution in [0.4, 0.5) is 11.4 Å². The fourth-order valence-corrected chi connectivity index (χ4v) is 2.72. The summed E-state index contributed by atoms with van der Waals surface area (Å²) in [5, 5.41) is 8.52. The molecule has 1 fully saturated rings. The molecule has 0 aromatic heterocycles. The highest BCUT2D eigenvalue weighted by Gasteiger charge is 2.24. The van der Waals surface area contributed by atoms with Crippen LogP contribution in [0, 0.1) is 0 Å². The van der Waals surface area contributed by atoms with Crippen LogP contribution >= 0.6 is 0 Å². The van der Waals surface area contributed by atoms with E-state index in [-0.39, 0.29) is 30.1 Å². The molecule has 6 nitrogen and oxygen atoms in total. The highest BCUT2D eigenvalue weighted by molar-refractivity contribution is 6.14. The molecule has 0 radical (unpaired) electrons. The number of Topliss-reactive ketones (excluding diaryl/α,β-unsaturated/α-hetero) is 1. The van der Waals surface area contributed by atoms with Crippen LogP contribution in [0.5, 0.6) is 0 Å². The summed E-state index contributed by atoms with van der Waals surface area (Å²) in [6.07, 6.45) is 2.76. The Labute approximate surface area is 122 Å². The van der Waals surface area contributed by atoms with Gasteiger partial charge in [0.25, 0.3) is 0 Å². The summed E-state index contributed by atoms with van der Waals surface area (Å²) in [6, 6.07) is 4.83. The SMILES string of the molecule is O=C1CC(=O)Nc2cc(C(=O)C3CCCCN3)ccc2N1. The first kappa shape index (κ1) is 13.8. The molecule has 1 aromatic carbocycles. The summed E-state index contributed by atoms with van der Waals surface area (Å²) in [4.78, 5) is 35.5. The predicted octanol–water partition coefficient (Wildman–Crippen LogP) is 1.29. The highest BCUT2D eigenvalue weighted by atomic mass is 16.2. The molecule has 2 aliphatic heterocycles. The monoisotopic (exact) mass is 287 g/mol. The first-order valence-corrected chi connectivity index (χ1v) is 7.15. The quantitative estimate of drug-likeness (QED) is 0.565. The van der Waals surface area contributed by atoms with Crippen LogP contribution in [0.1, 0.15) is 36.0 Å². The van der Waals surface area contributed by atoms with Crippen molar-refractivity contribution in [2.24, 2.45) is 0 Å². The molecule has 0 saturated carbocycles. The largest absolute Gasteiger partial charge is 0.324 e. The molecule has 0 spiro atoms. The van der Waals surface area contributed by atoms with Gasteiger partial charge in [0.1, 0.15) is 6.42 Å². The van der Waals surface area contributed by atoms with Crippen molar-refractivity contribution in [1.82, 2.24) is 5.32 Å². The second-order valence-corrected chi connectivity index (χ2v) is 5.40. The van der Waals surface area contributed by atoms with Gasteiger partial charge >= 0.3 is 0 Å². The highest BCUT2D eigenvalue weighted by Crippen LogP contribution is 2.27. The Morgan fingerprint density at radius 3 is 2.52 bits per heavy atom. The van der Waals surface area contributed by atoms with E-state index in [1.165, 1.54) is 0 Å². The Bertz CT molecular complexity index is 606. The van der Waals surface area contributed by atoms with Gasteiger partial charge in [-0.3, -0.25) is 14.4 Å². The molecular weight excluding hydrogens is 270 g/mol. The van der Waals surface area contributed by atoms with E-state index >= 15 is 0 Å². The maximum absolute atomic E-state index is 12.5. The van der Waals surface area contributed by atoms with Crippen LogP contribution in [0.25, 0.3) is 0 Å². The van der Waals surface area contributed by atoms with E-state index in [2.05, 4.69) is 16.0 Å². The molecule has 2 amide bonds. The number of nitrogens with one attached hydrogen (secondary N) is 3. The molecule has 3 rings (SSSR count). The lowest BCUT2D eigenvalue weighted by atomic mass is 9.96. The Hall–Kier alpha value is -2.21. The van der Waals surface area contributed by atoms with Crippen molar-refractivity contribution in [2.75, 3.05) is 17.2 Å². The molecule has 1 atom stereocenters. The normalized spacial score (nSPS) is 21.8. The number of fused-ring (bicyclic) bond motifs is 1. The molecule has 0 bridgehead atoms. The minimum Gasteiger partial charge on any atom is -0.324 e. The molecule has 1 unspecified atom stereocenters. The van der Waals surface area contributed by atoms with E-state index in [0.29, 0.717) is 16.9 Å².